The lowest BCUT2D eigenvalue weighted by atomic mass is 9.89. The highest BCUT2D eigenvalue weighted by atomic mass is 16.5. The molecule has 0 spiro atoms. The highest BCUT2D eigenvalue weighted by molar-refractivity contribution is 5.72. The molecule has 3 nitrogen and oxygen atoms in total. The number of aryl methyl sites for hydroxylation is 1. The fourth-order valence-corrected chi connectivity index (χ4v) is 2.31. The molecule has 1 aliphatic carbocycles. The van der Waals surface area contributed by atoms with E-state index >= 15 is 0 Å². The molecule has 1 N–H and O–H groups in total. The monoisotopic (exact) mass is 245 g/mol. The van der Waals surface area contributed by atoms with Crippen molar-refractivity contribution >= 4 is 5.97 Å². The van der Waals surface area contributed by atoms with Crippen molar-refractivity contribution in [1.29, 1.82) is 0 Å². The number of benzene rings is 1. The molecule has 1 aromatic rings. The molecule has 3 heteroatoms. The molecular weight excluding hydrogens is 226 g/mol. The van der Waals surface area contributed by atoms with Crippen LogP contribution in [0.1, 0.15) is 30.1 Å². The lowest BCUT2D eigenvalue weighted by Gasteiger charge is -2.25. The van der Waals surface area contributed by atoms with Crippen molar-refractivity contribution in [3.63, 3.8) is 0 Å². The minimum absolute atomic E-state index is 0.0759. The van der Waals surface area contributed by atoms with Crippen LogP contribution in [0.25, 0.3) is 0 Å². The van der Waals surface area contributed by atoms with Gasteiger partial charge in [0.05, 0.1) is 6.54 Å². The standard InChI is InChI=1S/C15H19NO2/c1-2-10-16-11-15(17)18-14-9-5-7-12-6-3-4-8-13(12)14/h2-4,6,8,14,16H,1,5,7,9-11H2. The number of fused-ring (bicyclic) bond motifs is 1. The number of carbonyl (C=O) groups is 1. The first kappa shape index (κ1) is 12.8. The van der Waals surface area contributed by atoms with Crippen LogP contribution in [0.15, 0.2) is 36.9 Å². The van der Waals surface area contributed by atoms with Gasteiger partial charge in [0.2, 0.25) is 0 Å². The van der Waals surface area contributed by atoms with Crippen molar-refractivity contribution in [2.45, 2.75) is 25.4 Å². The van der Waals surface area contributed by atoms with Gasteiger partial charge in [-0.15, -0.1) is 6.58 Å². The third-order valence-corrected chi connectivity index (χ3v) is 3.15. The van der Waals surface area contributed by atoms with Gasteiger partial charge in [-0.1, -0.05) is 30.3 Å². The maximum absolute atomic E-state index is 11.7. The Kier molecular flexibility index (Phi) is 4.53. The topological polar surface area (TPSA) is 38.3 Å². The SMILES string of the molecule is C=CCNCC(=O)OC1CCCc2ccccc21. The molecular formula is C15H19NO2. The first-order chi connectivity index (χ1) is 8.81. The second kappa shape index (κ2) is 6.36. The smallest absolute Gasteiger partial charge is 0.320 e. The fraction of sp³-hybridized carbons (Fsp3) is 0.400. The van der Waals surface area contributed by atoms with Gasteiger partial charge in [0.1, 0.15) is 6.10 Å². The summed E-state index contributed by atoms with van der Waals surface area (Å²) in [5.74, 6) is -0.196. The zero-order chi connectivity index (χ0) is 12.8. The van der Waals surface area contributed by atoms with Crippen LogP contribution in [0, 0.1) is 0 Å². The van der Waals surface area contributed by atoms with E-state index in [1.807, 2.05) is 12.1 Å². The molecule has 0 radical (unpaired) electrons. The van der Waals surface area contributed by atoms with Gasteiger partial charge in [0, 0.05) is 6.54 Å². The van der Waals surface area contributed by atoms with Crippen LogP contribution in [-0.2, 0) is 16.0 Å². The summed E-state index contributed by atoms with van der Waals surface area (Å²) in [6, 6.07) is 8.21. The van der Waals surface area contributed by atoms with E-state index in [1.54, 1.807) is 6.08 Å². The molecule has 96 valence electrons. The van der Waals surface area contributed by atoms with E-state index in [1.165, 1.54) is 11.1 Å². The zero-order valence-electron chi connectivity index (χ0n) is 10.5. The lowest BCUT2D eigenvalue weighted by molar-refractivity contribution is -0.149. The molecule has 0 heterocycles. The molecule has 0 bridgehead atoms. The molecule has 1 aromatic carbocycles. The maximum Gasteiger partial charge on any atom is 0.320 e. The molecule has 1 aliphatic rings. The summed E-state index contributed by atoms with van der Waals surface area (Å²) in [5.41, 5.74) is 2.47. The Hall–Kier alpha value is -1.61. The maximum atomic E-state index is 11.7. The van der Waals surface area contributed by atoms with Crippen LogP contribution in [0.2, 0.25) is 0 Å². The fourth-order valence-electron chi connectivity index (χ4n) is 2.31. The number of esters is 1. The minimum atomic E-state index is -0.196. The Labute approximate surface area is 108 Å². The van der Waals surface area contributed by atoms with Crippen LogP contribution in [0.3, 0.4) is 0 Å². The van der Waals surface area contributed by atoms with Crippen molar-refractivity contribution in [3.05, 3.63) is 48.0 Å². The third kappa shape index (κ3) is 3.20. The second-order valence-electron chi connectivity index (χ2n) is 4.49. The first-order valence-corrected chi connectivity index (χ1v) is 6.40. The minimum Gasteiger partial charge on any atom is -0.457 e. The summed E-state index contributed by atoms with van der Waals surface area (Å²) < 4.78 is 5.53. The van der Waals surface area contributed by atoms with Crippen molar-refractivity contribution in [2.75, 3.05) is 13.1 Å². The third-order valence-electron chi connectivity index (χ3n) is 3.15. The Bertz CT molecular complexity index is 428. The van der Waals surface area contributed by atoms with Gasteiger partial charge in [-0.25, -0.2) is 0 Å². The van der Waals surface area contributed by atoms with Gasteiger partial charge >= 0.3 is 5.97 Å². The molecule has 1 unspecified atom stereocenters. The van der Waals surface area contributed by atoms with Crippen molar-refractivity contribution < 1.29 is 9.53 Å². The van der Waals surface area contributed by atoms with Crippen molar-refractivity contribution in [1.82, 2.24) is 5.32 Å². The number of carbonyl (C=O) groups excluding carboxylic acids is 1. The van der Waals surface area contributed by atoms with Gasteiger partial charge < -0.3 is 10.1 Å². The summed E-state index contributed by atoms with van der Waals surface area (Å²) >= 11 is 0. The van der Waals surface area contributed by atoms with E-state index in [-0.39, 0.29) is 18.6 Å². The predicted molar refractivity (Wildman–Crippen MR) is 71.3 cm³/mol. The van der Waals surface area contributed by atoms with Crippen molar-refractivity contribution in [3.8, 4) is 0 Å². The highest BCUT2D eigenvalue weighted by Gasteiger charge is 2.22. The van der Waals surface area contributed by atoms with Gasteiger partial charge in [0.25, 0.3) is 0 Å². The summed E-state index contributed by atoms with van der Waals surface area (Å²) in [6.07, 6.45) is 4.73. The van der Waals surface area contributed by atoms with Gasteiger partial charge in [-0.3, -0.25) is 4.79 Å². The molecule has 0 aliphatic heterocycles. The number of hydrogen-bond donors (Lipinski definition) is 1. The van der Waals surface area contributed by atoms with E-state index in [2.05, 4.69) is 24.0 Å². The highest BCUT2D eigenvalue weighted by Crippen LogP contribution is 2.32. The van der Waals surface area contributed by atoms with Crippen LogP contribution in [0.5, 0.6) is 0 Å². The lowest BCUT2D eigenvalue weighted by Crippen LogP contribution is -2.27. The number of rotatable bonds is 5. The van der Waals surface area contributed by atoms with E-state index in [4.69, 9.17) is 4.74 Å². The largest absolute Gasteiger partial charge is 0.457 e. The van der Waals surface area contributed by atoms with Crippen molar-refractivity contribution in [2.24, 2.45) is 0 Å². The summed E-state index contributed by atoms with van der Waals surface area (Å²) in [7, 11) is 0. The summed E-state index contributed by atoms with van der Waals surface area (Å²) in [5, 5.41) is 2.96. The van der Waals surface area contributed by atoms with E-state index in [0.717, 1.165) is 19.3 Å². The summed E-state index contributed by atoms with van der Waals surface area (Å²) in [6.45, 7) is 4.45. The average molecular weight is 245 g/mol. The molecule has 0 amide bonds. The van der Waals surface area contributed by atoms with E-state index in [9.17, 15) is 4.79 Å². The predicted octanol–water partition coefficient (Wildman–Crippen LogP) is 2.38. The molecule has 18 heavy (non-hydrogen) atoms. The van der Waals surface area contributed by atoms with Gasteiger partial charge in [-0.05, 0) is 30.4 Å². The Morgan fingerprint density at radius 1 is 1.50 bits per heavy atom. The summed E-state index contributed by atoms with van der Waals surface area (Å²) in [4.78, 5) is 11.7. The van der Waals surface area contributed by atoms with Gasteiger partial charge in [0.15, 0.2) is 0 Å². The Morgan fingerprint density at radius 2 is 2.33 bits per heavy atom. The van der Waals surface area contributed by atoms with Crippen LogP contribution in [0.4, 0.5) is 0 Å². The molecule has 0 aromatic heterocycles. The number of hydrogen-bond acceptors (Lipinski definition) is 3. The average Bonchev–Trinajstić information content (AvgIpc) is 2.39. The normalized spacial score (nSPS) is 17.9. The molecule has 2 rings (SSSR count). The quantitative estimate of drug-likeness (QED) is 0.492. The van der Waals surface area contributed by atoms with E-state index < -0.39 is 0 Å². The number of nitrogens with one attached hydrogen (secondary N) is 1. The molecule has 1 atom stereocenters. The van der Waals surface area contributed by atoms with Gasteiger partial charge in [-0.2, -0.15) is 0 Å². The van der Waals surface area contributed by atoms with E-state index in [0.29, 0.717) is 6.54 Å². The first-order valence-electron chi connectivity index (χ1n) is 6.40. The van der Waals surface area contributed by atoms with Crippen LogP contribution >= 0.6 is 0 Å². The van der Waals surface area contributed by atoms with Crippen LogP contribution in [-0.4, -0.2) is 19.1 Å². The Morgan fingerprint density at radius 3 is 3.17 bits per heavy atom. The molecule has 0 fully saturated rings. The number of ether oxygens (including phenoxy) is 1. The second-order valence-corrected chi connectivity index (χ2v) is 4.49. The van der Waals surface area contributed by atoms with Crippen LogP contribution < -0.4 is 5.32 Å². The Balaban J connectivity index is 1.94. The zero-order valence-corrected chi connectivity index (χ0v) is 10.5. The molecule has 0 saturated heterocycles. The molecule has 0 saturated carbocycles.